The first-order valence-electron chi connectivity index (χ1n) is 9.18. The monoisotopic (exact) mass is 416 g/mol. The van der Waals surface area contributed by atoms with Gasteiger partial charge in [0.1, 0.15) is 29.8 Å². The van der Waals surface area contributed by atoms with Crippen LogP contribution in [0.15, 0.2) is 78.4 Å². The number of hydrogen-bond donors (Lipinski definition) is 2. The van der Waals surface area contributed by atoms with Gasteiger partial charge in [-0.15, -0.1) is 0 Å². The van der Waals surface area contributed by atoms with Crippen LogP contribution < -0.4 is 10.1 Å². The number of carboxylic acids is 1. The Morgan fingerprint density at radius 2 is 1.77 bits per heavy atom. The van der Waals surface area contributed by atoms with Crippen molar-refractivity contribution in [3.05, 3.63) is 101 Å². The third-order valence-electron chi connectivity index (χ3n) is 4.24. The number of nitrogens with zero attached hydrogens (tertiary/aromatic N) is 1. The van der Waals surface area contributed by atoms with Crippen molar-refractivity contribution in [3.63, 3.8) is 0 Å². The van der Waals surface area contributed by atoms with Gasteiger partial charge in [0.25, 0.3) is 5.91 Å². The van der Waals surface area contributed by atoms with Crippen molar-refractivity contribution in [3.8, 4) is 11.8 Å². The molecule has 0 aliphatic rings. The van der Waals surface area contributed by atoms with Crippen molar-refractivity contribution in [1.29, 1.82) is 5.26 Å². The lowest BCUT2D eigenvalue weighted by Gasteiger charge is -2.07. The van der Waals surface area contributed by atoms with Crippen molar-refractivity contribution in [2.75, 3.05) is 5.32 Å². The minimum Gasteiger partial charge on any atom is -0.489 e. The van der Waals surface area contributed by atoms with Crippen LogP contribution in [0.3, 0.4) is 0 Å². The number of hydrogen-bond acceptors (Lipinski definition) is 4. The third-order valence-corrected chi connectivity index (χ3v) is 4.24. The Bertz CT molecular complexity index is 1160. The molecule has 6 nitrogen and oxygen atoms in total. The lowest BCUT2D eigenvalue weighted by atomic mass is 10.1. The van der Waals surface area contributed by atoms with Crippen LogP contribution in [0.5, 0.6) is 5.75 Å². The maximum atomic E-state index is 12.9. The van der Waals surface area contributed by atoms with E-state index in [2.05, 4.69) is 5.32 Å². The highest BCUT2D eigenvalue weighted by Gasteiger charge is 2.11. The highest BCUT2D eigenvalue weighted by Crippen LogP contribution is 2.17. The molecule has 0 fully saturated rings. The molecule has 3 aromatic carbocycles. The second-order valence-electron chi connectivity index (χ2n) is 6.49. The van der Waals surface area contributed by atoms with E-state index in [0.29, 0.717) is 11.3 Å². The van der Waals surface area contributed by atoms with Crippen LogP contribution in [-0.4, -0.2) is 17.0 Å². The number of aromatic carboxylic acids is 1. The van der Waals surface area contributed by atoms with Crippen LogP contribution in [0, 0.1) is 17.1 Å². The van der Waals surface area contributed by atoms with Gasteiger partial charge in [0.15, 0.2) is 0 Å². The summed E-state index contributed by atoms with van der Waals surface area (Å²) >= 11 is 0. The molecule has 0 heterocycles. The molecule has 0 spiro atoms. The molecule has 0 atom stereocenters. The molecule has 0 aliphatic heterocycles. The highest BCUT2D eigenvalue weighted by atomic mass is 19.1. The van der Waals surface area contributed by atoms with Crippen LogP contribution in [0.1, 0.15) is 21.5 Å². The largest absolute Gasteiger partial charge is 0.489 e. The molecule has 0 unspecified atom stereocenters. The number of carboxylic acid groups (broad SMARTS) is 1. The van der Waals surface area contributed by atoms with E-state index in [1.807, 2.05) is 6.07 Å². The Balaban J connectivity index is 1.65. The fraction of sp³-hybridized carbons (Fsp3) is 0.0417. The number of benzene rings is 3. The molecule has 0 radical (unpaired) electrons. The summed E-state index contributed by atoms with van der Waals surface area (Å²) in [6.45, 7) is 0.275. The molecule has 0 saturated carbocycles. The molecule has 3 rings (SSSR count). The molecule has 7 heteroatoms. The number of ether oxygens (including phenoxy) is 1. The SMILES string of the molecule is N#C/C(=C\c1ccc(OCc2ccc(F)cc2)cc1)C(=O)Nc1cccc(C(=O)O)c1. The van der Waals surface area contributed by atoms with Gasteiger partial charge in [0.2, 0.25) is 0 Å². The number of halogens is 1. The van der Waals surface area contributed by atoms with Gasteiger partial charge in [-0.25, -0.2) is 9.18 Å². The zero-order valence-corrected chi connectivity index (χ0v) is 16.2. The number of carbonyl (C=O) groups is 2. The Morgan fingerprint density at radius 1 is 1.06 bits per heavy atom. The topological polar surface area (TPSA) is 99.4 Å². The molecule has 1 amide bonds. The second kappa shape index (κ2) is 9.85. The Hall–Kier alpha value is -4.44. The third kappa shape index (κ3) is 6.02. The van der Waals surface area contributed by atoms with Gasteiger partial charge in [0, 0.05) is 5.69 Å². The second-order valence-corrected chi connectivity index (χ2v) is 6.49. The van der Waals surface area contributed by atoms with E-state index in [0.717, 1.165) is 5.56 Å². The van der Waals surface area contributed by atoms with Crippen molar-refractivity contribution in [2.24, 2.45) is 0 Å². The normalized spacial score (nSPS) is 10.8. The average molecular weight is 416 g/mol. The zero-order valence-electron chi connectivity index (χ0n) is 16.2. The first kappa shape index (κ1) is 21.3. The van der Waals surface area contributed by atoms with E-state index < -0.39 is 11.9 Å². The lowest BCUT2D eigenvalue weighted by Crippen LogP contribution is -2.13. The summed E-state index contributed by atoms with van der Waals surface area (Å²) in [5.41, 5.74) is 1.59. The minimum atomic E-state index is -1.12. The number of rotatable bonds is 7. The van der Waals surface area contributed by atoms with E-state index in [1.165, 1.54) is 42.5 Å². The van der Waals surface area contributed by atoms with Gasteiger partial charge in [-0.2, -0.15) is 5.26 Å². The molecule has 0 aromatic heterocycles. The summed E-state index contributed by atoms with van der Waals surface area (Å²) in [6, 6.07) is 20.3. The van der Waals surface area contributed by atoms with Crippen molar-refractivity contribution in [1.82, 2.24) is 0 Å². The summed E-state index contributed by atoms with van der Waals surface area (Å²) in [7, 11) is 0. The molecule has 0 aliphatic carbocycles. The fourth-order valence-corrected chi connectivity index (χ4v) is 2.65. The average Bonchev–Trinajstić information content (AvgIpc) is 2.78. The van der Waals surface area contributed by atoms with Crippen molar-refractivity contribution in [2.45, 2.75) is 6.61 Å². The molecular formula is C24H17FN2O4. The van der Waals surface area contributed by atoms with E-state index in [1.54, 1.807) is 36.4 Å². The number of carbonyl (C=O) groups excluding carboxylic acids is 1. The maximum absolute atomic E-state index is 12.9. The summed E-state index contributed by atoms with van der Waals surface area (Å²) in [5, 5.41) is 20.9. The molecular weight excluding hydrogens is 399 g/mol. The van der Waals surface area contributed by atoms with Crippen LogP contribution >= 0.6 is 0 Å². The maximum Gasteiger partial charge on any atom is 0.335 e. The Morgan fingerprint density at radius 3 is 2.42 bits per heavy atom. The summed E-state index contributed by atoms with van der Waals surface area (Å²) < 4.78 is 18.6. The van der Waals surface area contributed by atoms with Crippen LogP contribution in [0.2, 0.25) is 0 Å². The van der Waals surface area contributed by atoms with Gasteiger partial charge in [-0.1, -0.05) is 30.3 Å². The highest BCUT2D eigenvalue weighted by molar-refractivity contribution is 6.10. The first-order valence-corrected chi connectivity index (χ1v) is 9.18. The standard InChI is InChI=1S/C24H17FN2O4/c25-20-8-4-17(5-9-20)15-31-22-10-6-16(7-11-22)12-19(14-26)23(28)27-21-3-1-2-18(13-21)24(29)30/h1-13H,15H2,(H,27,28)(H,29,30)/b19-12+. The molecule has 0 saturated heterocycles. The van der Waals surface area contributed by atoms with E-state index in [-0.39, 0.29) is 29.2 Å². The Kier molecular flexibility index (Phi) is 6.76. The molecule has 0 bridgehead atoms. The molecule has 31 heavy (non-hydrogen) atoms. The molecule has 2 N–H and O–H groups in total. The van der Waals surface area contributed by atoms with Gasteiger partial charge in [-0.3, -0.25) is 4.79 Å². The van der Waals surface area contributed by atoms with Crippen molar-refractivity contribution < 1.29 is 23.8 Å². The summed E-state index contributed by atoms with van der Waals surface area (Å²) in [6.07, 6.45) is 1.42. The first-order chi connectivity index (χ1) is 14.9. The number of anilines is 1. The van der Waals surface area contributed by atoms with Gasteiger partial charge >= 0.3 is 5.97 Å². The summed E-state index contributed by atoms with van der Waals surface area (Å²) in [5.74, 6) is -1.50. The quantitative estimate of drug-likeness (QED) is 0.431. The lowest BCUT2D eigenvalue weighted by molar-refractivity contribution is -0.112. The minimum absolute atomic E-state index is 0.0245. The summed E-state index contributed by atoms with van der Waals surface area (Å²) in [4.78, 5) is 23.4. The van der Waals surface area contributed by atoms with Crippen LogP contribution in [0.4, 0.5) is 10.1 Å². The molecule has 154 valence electrons. The van der Waals surface area contributed by atoms with E-state index >= 15 is 0 Å². The van der Waals surface area contributed by atoms with Crippen LogP contribution in [0.25, 0.3) is 6.08 Å². The van der Waals surface area contributed by atoms with E-state index in [9.17, 15) is 19.2 Å². The van der Waals surface area contributed by atoms with E-state index in [4.69, 9.17) is 9.84 Å². The predicted octanol–water partition coefficient (Wildman–Crippen LogP) is 4.65. The number of nitriles is 1. The Labute approximate surface area is 177 Å². The van der Waals surface area contributed by atoms with Gasteiger partial charge < -0.3 is 15.2 Å². The fourth-order valence-electron chi connectivity index (χ4n) is 2.65. The number of nitrogens with one attached hydrogen (secondary N) is 1. The molecule has 3 aromatic rings. The smallest absolute Gasteiger partial charge is 0.335 e. The van der Waals surface area contributed by atoms with Crippen LogP contribution in [-0.2, 0) is 11.4 Å². The zero-order chi connectivity index (χ0) is 22.2. The van der Waals surface area contributed by atoms with Gasteiger partial charge in [-0.05, 0) is 59.7 Å². The van der Waals surface area contributed by atoms with Gasteiger partial charge in [0.05, 0.1) is 5.56 Å². The van der Waals surface area contributed by atoms with Crippen molar-refractivity contribution >= 4 is 23.6 Å². The number of amides is 1. The predicted molar refractivity (Wildman–Crippen MR) is 113 cm³/mol.